The van der Waals surface area contributed by atoms with Crippen molar-refractivity contribution in [1.82, 2.24) is 10.2 Å². The number of halogens is 1. The van der Waals surface area contributed by atoms with Gasteiger partial charge < -0.3 is 5.32 Å². The molecule has 2 aliphatic rings. The van der Waals surface area contributed by atoms with Crippen LogP contribution < -0.4 is 5.32 Å². The van der Waals surface area contributed by atoms with Gasteiger partial charge in [0, 0.05) is 12.6 Å². The van der Waals surface area contributed by atoms with Gasteiger partial charge in [0.15, 0.2) is 0 Å². The summed E-state index contributed by atoms with van der Waals surface area (Å²) >= 11 is 0. The van der Waals surface area contributed by atoms with Crippen molar-refractivity contribution in [2.75, 3.05) is 13.1 Å². The molecule has 0 aromatic heterocycles. The maximum Gasteiger partial charge on any atom is 0.261 e. The predicted octanol–water partition coefficient (Wildman–Crippen LogP) is 2.24. The van der Waals surface area contributed by atoms with Crippen molar-refractivity contribution in [1.29, 1.82) is 0 Å². The molecule has 108 valence electrons. The number of fused-ring (bicyclic) bond motifs is 1. The number of rotatable bonds is 3. The lowest BCUT2D eigenvalue weighted by Gasteiger charge is -2.25. The number of nitrogens with one attached hydrogen (secondary N) is 1. The lowest BCUT2D eigenvalue weighted by Crippen LogP contribution is -2.39. The Morgan fingerprint density at radius 1 is 1.10 bits per heavy atom. The van der Waals surface area contributed by atoms with Gasteiger partial charge in [-0.2, -0.15) is 0 Å². The zero-order chi connectivity index (χ0) is 13.2. The summed E-state index contributed by atoms with van der Waals surface area (Å²) in [5.74, 6) is -0.284. The highest BCUT2D eigenvalue weighted by atomic mass is 35.5. The first-order valence-electron chi connectivity index (χ1n) is 6.96. The van der Waals surface area contributed by atoms with Gasteiger partial charge in [-0.05, 0) is 37.9 Å². The molecule has 1 aromatic carbocycles. The molecule has 2 amide bonds. The summed E-state index contributed by atoms with van der Waals surface area (Å²) in [4.78, 5) is 25.7. The molecule has 5 heteroatoms. The SMILES string of the molecule is Cl.O=C1c2ccccc2C(=O)N1CCC1CCCCN1. The van der Waals surface area contributed by atoms with Crippen LogP contribution in [0.1, 0.15) is 46.4 Å². The van der Waals surface area contributed by atoms with Gasteiger partial charge in [0.2, 0.25) is 0 Å². The van der Waals surface area contributed by atoms with Crippen molar-refractivity contribution < 1.29 is 9.59 Å². The Balaban J connectivity index is 0.00000147. The summed E-state index contributed by atoms with van der Waals surface area (Å²) in [6, 6.07) is 7.51. The largest absolute Gasteiger partial charge is 0.314 e. The summed E-state index contributed by atoms with van der Waals surface area (Å²) in [5.41, 5.74) is 1.09. The summed E-state index contributed by atoms with van der Waals surface area (Å²) in [6.45, 7) is 1.57. The second-order valence-electron chi connectivity index (χ2n) is 5.24. The summed E-state index contributed by atoms with van der Waals surface area (Å²) in [5, 5.41) is 3.44. The molecule has 0 saturated carbocycles. The minimum absolute atomic E-state index is 0. The Bertz CT molecular complexity index is 477. The van der Waals surface area contributed by atoms with Gasteiger partial charge in [0.05, 0.1) is 11.1 Å². The van der Waals surface area contributed by atoms with Crippen molar-refractivity contribution in [3.8, 4) is 0 Å². The average Bonchev–Trinajstić information content (AvgIpc) is 2.71. The number of hydrogen-bond acceptors (Lipinski definition) is 3. The molecular weight excluding hydrogens is 276 g/mol. The van der Waals surface area contributed by atoms with Gasteiger partial charge in [-0.15, -0.1) is 12.4 Å². The molecule has 1 N–H and O–H groups in total. The minimum Gasteiger partial charge on any atom is -0.314 e. The molecule has 3 rings (SSSR count). The fraction of sp³-hybridized carbons (Fsp3) is 0.467. The third kappa shape index (κ3) is 2.72. The average molecular weight is 295 g/mol. The molecule has 2 aliphatic heterocycles. The van der Waals surface area contributed by atoms with E-state index >= 15 is 0 Å². The van der Waals surface area contributed by atoms with E-state index in [4.69, 9.17) is 0 Å². The van der Waals surface area contributed by atoms with Crippen molar-refractivity contribution >= 4 is 24.2 Å². The monoisotopic (exact) mass is 294 g/mol. The molecule has 0 spiro atoms. The third-order valence-corrected chi connectivity index (χ3v) is 3.99. The number of piperidine rings is 1. The van der Waals surface area contributed by atoms with Gasteiger partial charge in [0.1, 0.15) is 0 Å². The Morgan fingerprint density at radius 3 is 2.30 bits per heavy atom. The van der Waals surface area contributed by atoms with Gasteiger partial charge >= 0.3 is 0 Å². The smallest absolute Gasteiger partial charge is 0.261 e. The van der Waals surface area contributed by atoms with E-state index in [0.717, 1.165) is 19.4 Å². The Kier molecular flexibility index (Phi) is 4.78. The standard InChI is InChI=1S/C15H18N2O2.ClH/c18-14-12-6-1-2-7-13(12)15(19)17(14)10-8-11-5-3-4-9-16-11;/h1-2,6-7,11,16H,3-5,8-10H2;1H. The topological polar surface area (TPSA) is 49.4 Å². The second kappa shape index (κ2) is 6.37. The molecule has 1 saturated heterocycles. The maximum absolute atomic E-state index is 12.2. The Hall–Kier alpha value is -1.39. The fourth-order valence-corrected chi connectivity index (χ4v) is 2.90. The van der Waals surface area contributed by atoms with E-state index in [0.29, 0.717) is 23.7 Å². The number of imide groups is 1. The van der Waals surface area contributed by atoms with Crippen LogP contribution in [0.25, 0.3) is 0 Å². The lowest BCUT2D eigenvalue weighted by molar-refractivity contribution is 0.0647. The zero-order valence-electron chi connectivity index (χ0n) is 11.3. The predicted molar refractivity (Wildman–Crippen MR) is 79.3 cm³/mol. The molecule has 0 bridgehead atoms. The molecule has 2 heterocycles. The van der Waals surface area contributed by atoms with Crippen LogP contribution in [0, 0.1) is 0 Å². The number of nitrogens with zero attached hydrogens (tertiary/aromatic N) is 1. The minimum atomic E-state index is -0.142. The van der Waals surface area contributed by atoms with Gasteiger partial charge in [0.25, 0.3) is 11.8 Å². The molecule has 1 atom stereocenters. The second-order valence-corrected chi connectivity index (χ2v) is 5.24. The highest BCUT2D eigenvalue weighted by Gasteiger charge is 2.34. The number of carbonyl (C=O) groups is 2. The molecule has 1 aromatic rings. The van der Waals surface area contributed by atoms with Crippen LogP contribution in [0.4, 0.5) is 0 Å². The molecule has 1 fully saturated rings. The molecule has 20 heavy (non-hydrogen) atoms. The van der Waals surface area contributed by atoms with Crippen LogP contribution in [-0.2, 0) is 0 Å². The van der Waals surface area contributed by atoms with E-state index in [1.54, 1.807) is 24.3 Å². The highest BCUT2D eigenvalue weighted by Crippen LogP contribution is 2.23. The zero-order valence-corrected chi connectivity index (χ0v) is 12.1. The molecule has 4 nitrogen and oxygen atoms in total. The Labute approximate surface area is 124 Å². The highest BCUT2D eigenvalue weighted by molar-refractivity contribution is 6.21. The first kappa shape index (κ1) is 15.0. The van der Waals surface area contributed by atoms with Crippen molar-refractivity contribution in [2.45, 2.75) is 31.7 Å². The van der Waals surface area contributed by atoms with Crippen LogP contribution in [-0.4, -0.2) is 35.8 Å². The van der Waals surface area contributed by atoms with E-state index in [1.165, 1.54) is 17.7 Å². The van der Waals surface area contributed by atoms with Gasteiger partial charge in [-0.3, -0.25) is 14.5 Å². The van der Waals surface area contributed by atoms with Crippen LogP contribution in [0.3, 0.4) is 0 Å². The molecule has 0 aliphatic carbocycles. The first-order chi connectivity index (χ1) is 9.27. The van der Waals surface area contributed by atoms with Gasteiger partial charge in [-0.1, -0.05) is 18.6 Å². The Morgan fingerprint density at radius 2 is 1.75 bits per heavy atom. The van der Waals surface area contributed by atoms with Crippen LogP contribution in [0.5, 0.6) is 0 Å². The van der Waals surface area contributed by atoms with Crippen molar-refractivity contribution in [3.63, 3.8) is 0 Å². The van der Waals surface area contributed by atoms with E-state index < -0.39 is 0 Å². The van der Waals surface area contributed by atoms with Crippen LogP contribution >= 0.6 is 12.4 Å². The fourth-order valence-electron chi connectivity index (χ4n) is 2.90. The number of benzene rings is 1. The molecule has 1 unspecified atom stereocenters. The van der Waals surface area contributed by atoms with Gasteiger partial charge in [-0.25, -0.2) is 0 Å². The maximum atomic E-state index is 12.2. The summed E-state index contributed by atoms with van der Waals surface area (Å²) < 4.78 is 0. The summed E-state index contributed by atoms with van der Waals surface area (Å²) in [6.07, 6.45) is 4.46. The molecule has 0 radical (unpaired) electrons. The van der Waals surface area contributed by atoms with E-state index in [9.17, 15) is 9.59 Å². The normalized spacial score (nSPS) is 21.6. The van der Waals surface area contributed by atoms with E-state index in [2.05, 4.69) is 5.32 Å². The third-order valence-electron chi connectivity index (χ3n) is 3.99. The number of hydrogen-bond donors (Lipinski definition) is 1. The van der Waals surface area contributed by atoms with E-state index in [-0.39, 0.29) is 24.2 Å². The lowest BCUT2D eigenvalue weighted by atomic mass is 10.0. The quantitative estimate of drug-likeness (QED) is 0.870. The van der Waals surface area contributed by atoms with Crippen molar-refractivity contribution in [2.24, 2.45) is 0 Å². The van der Waals surface area contributed by atoms with E-state index in [1.807, 2.05) is 0 Å². The van der Waals surface area contributed by atoms with Crippen LogP contribution in [0.2, 0.25) is 0 Å². The van der Waals surface area contributed by atoms with Crippen LogP contribution in [0.15, 0.2) is 24.3 Å². The number of carbonyl (C=O) groups excluding carboxylic acids is 2. The number of amides is 2. The summed E-state index contributed by atoms with van der Waals surface area (Å²) in [7, 11) is 0. The first-order valence-corrected chi connectivity index (χ1v) is 6.96. The van der Waals surface area contributed by atoms with Crippen molar-refractivity contribution in [3.05, 3.63) is 35.4 Å². The molecular formula is C15H19ClN2O2.